The van der Waals surface area contributed by atoms with Crippen LogP contribution in [0.3, 0.4) is 0 Å². The lowest BCUT2D eigenvalue weighted by Crippen LogP contribution is -2.47. The predicted molar refractivity (Wildman–Crippen MR) is 93.2 cm³/mol. The molecule has 0 fully saturated rings. The number of halogens is 5. The molecule has 1 aliphatic heterocycles. The van der Waals surface area contributed by atoms with Crippen LogP contribution in [0.15, 0.2) is 29.2 Å². The summed E-state index contributed by atoms with van der Waals surface area (Å²) in [6.07, 6.45) is -2.90. The Hall–Kier alpha value is -1.66. The lowest BCUT2D eigenvalue weighted by Gasteiger charge is -2.42. The Balaban J connectivity index is 2.45. The minimum absolute atomic E-state index is 0.0130. The first-order chi connectivity index (χ1) is 11.7. The minimum Gasteiger partial charge on any atom is -0.350 e. The second-order valence-corrected chi connectivity index (χ2v) is 6.88. The average molecular weight is 391 g/mol. The van der Waals surface area contributed by atoms with E-state index in [0.717, 1.165) is 6.20 Å². The van der Waals surface area contributed by atoms with Gasteiger partial charge in [-0.1, -0.05) is 43.0 Å². The van der Waals surface area contributed by atoms with Crippen LogP contribution in [0.25, 0.3) is 0 Å². The van der Waals surface area contributed by atoms with Gasteiger partial charge in [0.25, 0.3) is 5.56 Å². The van der Waals surface area contributed by atoms with Crippen LogP contribution in [0, 0.1) is 0 Å². The topological polar surface area (TPSA) is 44.9 Å². The highest BCUT2D eigenvalue weighted by Gasteiger charge is 2.60. The molecule has 2 N–H and O–H groups in total. The van der Waals surface area contributed by atoms with Crippen molar-refractivity contribution >= 4 is 34.6 Å². The summed E-state index contributed by atoms with van der Waals surface area (Å²) in [5.74, 6) is 0. The molecule has 0 amide bonds. The number of aromatic amines is 1. The number of hydrogen-bond acceptors (Lipinski definition) is 2. The van der Waals surface area contributed by atoms with Gasteiger partial charge in [-0.15, -0.1) is 0 Å². The summed E-state index contributed by atoms with van der Waals surface area (Å²) in [4.78, 5) is 14.6. The third-order valence-electron chi connectivity index (χ3n) is 4.56. The van der Waals surface area contributed by atoms with Crippen LogP contribution >= 0.6 is 23.2 Å². The molecule has 3 nitrogen and oxygen atoms in total. The Morgan fingerprint density at radius 3 is 2.60 bits per heavy atom. The molecule has 0 radical (unpaired) electrons. The van der Waals surface area contributed by atoms with E-state index < -0.39 is 17.2 Å². The largest absolute Gasteiger partial charge is 0.402 e. The summed E-state index contributed by atoms with van der Waals surface area (Å²) in [7, 11) is 0. The van der Waals surface area contributed by atoms with Gasteiger partial charge < -0.3 is 10.3 Å². The quantitative estimate of drug-likeness (QED) is 0.697. The molecule has 2 heterocycles. The monoisotopic (exact) mass is 390 g/mol. The molecule has 134 valence electrons. The van der Waals surface area contributed by atoms with Gasteiger partial charge >= 0.3 is 6.18 Å². The van der Waals surface area contributed by atoms with E-state index in [0.29, 0.717) is 12.8 Å². The summed E-state index contributed by atoms with van der Waals surface area (Å²) < 4.78 is 43.4. The number of benzene rings is 1. The maximum atomic E-state index is 14.5. The molecule has 0 spiro atoms. The molecule has 2 aromatic rings. The number of unbranched alkanes of at least 4 members (excludes halogenated alkanes) is 1. The van der Waals surface area contributed by atoms with E-state index in [1.807, 2.05) is 6.92 Å². The van der Waals surface area contributed by atoms with Crippen LogP contribution in [0.4, 0.5) is 24.5 Å². The van der Waals surface area contributed by atoms with Gasteiger partial charge in [0.1, 0.15) is 11.1 Å². The van der Waals surface area contributed by atoms with E-state index in [-0.39, 0.29) is 39.0 Å². The van der Waals surface area contributed by atoms with E-state index in [9.17, 15) is 18.0 Å². The molecule has 1 aromatic heterocycles. The molecular weight excluding hydrogens is 376 g/mol. The van der Waals surface area contributed by atoms with Crippen molar-refractivity contribution in [3.63, 3.8) is 0 Å². The fraction of sp³-hybridized carbons (Fsp3) is 0.353. The van der Waals surface area contributed by atoms with Crippen molar-refractivity contribution in [2.45, 2.75) is 37.8 Å². The zero-order chi connectivity index (χ0) is 18.4. The number of pyridine rings is 1. The number of rotatable bonds is 3. The van der Waals surface area contributed by atoms with Crippen LogP contribution in [0.5, 0.6) is 0 Å². The SMILES string of the molecule is CCCCC1(C(F)(F)F)c2cc(Cl)ccc2Nc2c1c(Cl)c[nH]c2=O. The van der Waals surface area contributed by atoms with Crippen LogP contribution in [-0.2, 0) is 5.41 Å². The standard InChI is InChI=1S/C17H15Cl2F3N2O/c1-2-3-6-16(17(20,21)22)10-7-9(18)4-5-12(10)24-14-13(16)11(19)8-23-15(14)25/h4-5,7-8,24H,2-3,6H2,1H3,(H,23,25). The number of aromatic nitrogens is 1. The van der Waals surface area contributed by atoms with Gasteiger partial charge in [-0.25, -0.2) is 0 Å². The van der Waals surface area contributed by atoms with E-state index in [4.69, 9.17) is 23.2 Å². The number of fused-ring (bicyclic) bond motifs is 2. The second kappa shape index (κ2) is 6.25. The Morgan fingerprint density at radius 2 is 1.96 bits per heavy atom. The van der Waals surface area contributed by atoms with Crippen molar-refractivity contribution in [2.75, 3.05) is 5.32 Å². The molecule has 0 bridgehead atoms. The number of nitrogens with one attached hydrogen (secondary N) is 2. The molecule has 0 saturated carbocycles. The van der Waals surface area contributed by atoms with E-state index in [1.165, 1.54) is 18.2 Å². The van der Waals surface area contributed by atoms with Gasteiger partial charge in [0.05, 0.1) is 5.02 Å². The van der Waals surface area contributed by atoms with Gasteiger partial charge in [-0.2, -0.15) is 13.2 Å². The van der Waals surface area contributed by atoms with Crippen LogP contribution in [-0.4, -0.2) is 11.2 Å². The Kier molecular flexibility index (Phi) is 4.54. The van der Waals surface area contributed by atoms with E-state index >= 15 is 0 Å². The van der Waals surface area contributed by atoms with Crippen LogP contribution in [0.2, 0.25) is 10.0 Å². The summed E-state index contributed by atoms with van der Waals surface area (Å²) >= 11 is 12.1. The molecule has 1 aliphatic rings. The highest BCUT2D eigenvalue weighted by atomic mass is 35.5. The summed E-state index contributed by atoms with van der Waals surface area (Å²) in [5, 5.41) is 2.85. The molecule has 25 heavy (non-hydrogen) atoms. The summed E-state index contributed by atoms with van der Waals surface area (Å²) in [6.45, 7) is 1.81. The fourth-order valence-corrected chi connectivity index (χ4v) is 3.91. The van der Waals surface area contributed by atoms with E-state index in [1.54, 1.807) is 0 Å². The van der Waals surface area contributed by atoms with E-state index in [2.05, 4.69) is 10.3 Å². The lowest BCUT2D eigenvalue weighted by atomic mass is 9.67. The highest BCUT2D eigenvalue weighted by molar-refractivity contribution is 6.32. The first kappa shape index (κ1) is 18.1. The van der Waals surface area contributed by atoms with Gasteiger partial charge in [0, 0.05) is 22.5 Å². The van der Waals surface area contributed by atoms with Crippen molar-refractivity contribution < 1.29 is 13.2 Å². The molecule has 1 atom stereocenters. The molecule has 0 saturated heterocycles. The van der Waals surface area contributed by atoms with Gasteiger partial charge in [0.2, 0.25) is 0 Å². The maximum absolute atomic E-state index is 14.5. The van der Waals surface area contributed by atoms with Crippen molar-refractivity contribution in [1.29, 1.82) is 0 Å². The van der Waals surface area contributed by atoms with Crippen molar-refractivity contribution in [3.8, 4) is 0 Å². The minimum atomic E-state index is -4.66. The zero-order valence-corrected chi connectivity index (χ0v) is 14.7. The highest BCUT2D eigenvalue weighted by Crippen LogP contribution is 2.57. The lowest BCUT2D eigenvalue weighted by molar-refractivity contribution is -0.180. The third-order valence-corrected chi connectivity index (χ3v) is 5.10. The van der Waals surface area contributed by atoms with Crippen molar-refractivity contribution in [1.82, 2.24) is 4.98 Å². The van der Waals surface area contributed by atoms with Crippen molar-refractivity contribution in [3.05, 3.63) is 55.9 Å². The number of alkyl halides is 3. The van der Waals surface area contributed by atoms with Gasteiger partial charge in [-0.05, 0) is 30.2 Å². The van der Waals surface area contributed by atoms with Crippen molar-refractivity contribution in [2.24, 2.45) is 0 Å². The van der Waals surface area contributed by atoms with Crippen LogP contribution < -0.4 is 10.9 Å². The first-order valence-corrected chi connectivity index (χ1v) is 8.53. The summed E-state index contributed by atoms with van der Waals surface area (Å²) in [5.41, 5.74) is -3.26. The average Bonchev–Trinajstić information content (AvgIpc) is 2.54. The molecule has 1 unspecified atom stereocenters. The molecular formula is C17H15Cl2F3N2O. The number of hydrogen-bond donors (Lipinski definition) is 2. The fourth-order valence-electron chi connectivity index (χ4n) is 3.43. The Morgan fingerprint density at radius 1 is 1.24 bits per heavy atom. The first-order valence-electron chi connectivity index (χ1n) is 7.78. The number of H-pyrrole nitrogens is 1. The zero-order valence-electron chi connectivity index (χ0n) is 13.2. The molecule has 3 rings (SSSR count). The second-order valence-electron chi connectivity index (χ2n) is 6.04. The molecule has 8 heteroatoms. The Labute approximate surface area is 152 Å². The third kappa shape index (κ3) is 2.72. The van der Waals surface area contributed by atoms with Gasteiger partial charge in [-0.3, -0.25) is 4.79 Å². The normalized spacial score (nSPS) is 19.1. The molecule has 1 aromatic carbocycles. The van der Waals surface area contributed by atoms with Crippen LogP contribution in [0.1, 0.15) is 37.3 Å². The van der Waals surface area contributed by atoms with Gasteiger partial charge in [0.15, 0.2) is 0 Å². The predicted octanol–water partition coefficient (Wildman–Crippen LogP) is 5.78. The molecule has 0 aliphatic carbocycles. The number of anilines is 2. The summed E-state index contributed by atoms with van der Waals surface area (Å²) in [6, 6.07) is 4.24. The maximum Gasteiger partial charge on any atom is 0.402 e. The Bertz CT molecular complexity index is 879. The smallest absolute Gasteiger partial charge is 0.350 e.